The molecule has 1 amide bonds. The molecule has 0 aliphatic carbocycles. The van der Waals surface area contributed by atoms with Crippen molar-refractivity contribution in [2.75, 3.05) is 6.61 Å². The Morgan fingerprint density at radius 1 is 1.17 bits per heavy atom. The lowest BCUT2D eigenvalue weighted by Gasteiger charge is -2.24. The Bertz CT molecular complexity index is 765. The first-order chi connectivity index (χ1) is 11.1. The summed E-state index contributed by atoms with van der Waals surface area (Å²) in [6.45, 7) is 0.130. The van der Waals surface area contributed by atoms with Crippen molar-refractivity contribution in [2.24, 2.45) is 5.10 Å². The third-order valence-electron chi connectivity index (χ3n) is 3.13. The molecule has 1 N–H and O–H groups in total. The predicted molar refractivity (Wildman–Crippen MR) is 88.6 cm³/mol. The number of ether oxygens (including phenoxy) is 2. The molecule has 118 valence electrons. The monoisotopic (exact) mass is 350 g/mol. The van der Waals surface area contributed by atoms with Crippen LogP contribution in [0.25, 0.3) is 0 Å². The Morgan fingerprint density at radius 3 is 2.74 bits per heavy atom. The maximum atomic E-state index is 12.0. The third kappa shape index (κ3) is 3.75. The summed E-state index contributed by atoms with van der Waals surface area (Å²) in [6, 6.07) is 12.2. The highest BCUT2D eigenvalue weighted by Crippen LogP contribution is 2.30. The summed E-state index contributed by atoms with van der Waals surface area (Å²) in [7, 11) is 0. The molecule has 23 heavy (non-hydrogen) atoms. The summed E-state index contributed by atoms with van der Waals surface area (Å²) < 4.78 is 11.1. The van der Waals surface area contributed by atoms with Gasteiger partial charge in [0.1, 0.15) is 6.61 Å². The van der Waals surface area contributed by atoms with E-state index in [2.05, 4.69) is 10.5 Å². The van der Waals surface area contributed by atoms with E-state index in [1.54, 1.807) is 30.3 Å². The van der Waals surface area contributed by atoms with Gasteiger partial charge in [0.15, 0.2) is 11.5 Å². The minimum absolute atomic E-state index is 0.130. The molecule has 0 radical (unpaired) electrons. The number of benzene rings is 2. The van der Waals surface area contributed by atoms with Gasteiger partial charge in [0.25, 0.3) is 5.91 Å². The second-order valence-corrected chi connectivity index (χ2v) is 5.59. The predicted octanol–water partition coefficient (Wildman–Crippen LogP) is 3.28. The number of hydrazone groups is 1. The van der Waals surface area contributed by atoms with Crippen LogP contribution in [0.3, 0.4) is 0 Å². The molecule has 0 saturated heterocycles. The number of carbonyl (C=O) groups is 1. The van der Waals surface area contributed by atoms with E-state index in [0.29, 0.717) is 27.1 Å². The van der Waals surface area contributed by atoms with E-state index in [1.807, 2.05) is 12.1 Å². The van der Waals surface area contributed by atoms with Crippen molar-refractivity contribution in [3.8, 4) is 11.5 Å². The molecule has 1 aliphatic heterocycles. The van der Waals surface area contributed by atoms with Gasteiger partial charge in [-0.25, -0.2) is 5.43 Å². The molecule has 2 aromatic carbocycles. The van der Waals surface area contributed by atoms with Crippen LogP contribution in [-0.2, 0) is 4.79 Å². The van der Waals surface area contributed by atoms with E-state index in [9.17, 15) is 4.79 Å². The van der Waals surface area contributed by atoms with Crippen LogP contribution in [0, 0.1) is 0 Å². The van der Waals surface area contributed by atoms with Crippen LogP contribution >= 0.6 is 23.2 Å². The maximum Gasteiger partial charge on any atom is 0.284 e. The SMILES string of the molecule is O=C(N/N=C\c1ccc(Cl)c(Cl)c1)[C@H]1COc2ccccc2O1. The number of nitrogens with zero attached hydrogens (tertiary/aromatic N) is 1. The zero-order chi connectivity index (χ0) is 16.2. The van der Waals surface area contributed by atoms with Crippen LogP contribution in [0.5, 0.6) is 11.5 Å². The summed E-state index contributed by atoms with van der Waals surface area (Å²) in [5.41, 5.74) is 3.13. The van der Waals surface area contributed by atoms with Crippen molar-refractivity contribution in [3.05, 3.63) is 58.1 Å². The molecule has 2 aromatic rings. The average molecular weight is 351 g/mol. The average Bonchev–Trinajstić information content (AvgIpc) is 2.57. The normalized spacial score (nSPS) is 16.3. The van der Waals surface area contributed by atoms with Crippen molar-refractivity contribution in [1.82, 2.24) is 5.43 Å². The van der Waals surface area contributed by atoms with Crippen molar-refractivity contribution in [1.29, 1.82) is 0 Å². The van der Waals surface area contributed by atoms with Crippen LogP contribution in [0.15, 0.2) is 47.6 Å². The molecule has 1 atom stereocenters. The molecule has 1 heterocycles. The van der Waals surface area contributed by atoms with Crippen molar-refractivity contribution in [2.45, 2.75) is 6.10 Å². The largest absolute Gasteiger partial charge is 0.485 e. The smallest absolute Gasteiger partial charge is 0.284 e. The molecule has 0 aromatic heterocycles. The number of rotatable bonds is 3. The summed E-state index contributed by atoms with van der Waals surface area (Å²) in [6.07, 6.45) is 0.716. The fourth-order valence-corrected chi connectivity index (χ4v) is 2.29. The number of carbonyl (C=O) groups excluding carboxylic acids is 1. The van der Waals surface area contributed by atoms with Gasteiger partial charge in [-0.05, 0) is 29.8 Å². The van der Waals surface area contributed by atoms with Gasteiger partial charge in [-0.15, -0.1) is 0 Å². The van der Waals surface area contributed by atoms with Crippen LogP contribution in [-0.4, -0.2) is 24.8 Å². The Labute approximate surface area is 142 Å². The van der Waals surface area contributed by atoms with E-state index in [-0.39, 0.29) is 6.61 Å². The van der Waals surface area contributed by atoms with Crippen molar-refractivity contribution < 1.29 is 14.3 Å². The molecule has 0 unspecified atom stereocenters. The number of fused-ring (bicyclic) bond motifs is 1. The lowest BCUT2D eigenvalue weighted by Crippen LogP contribution is -2.42. The Hall–Kier alpha value is -2.24. The standard InChI is InChI=1S/C16H12Cl2N2O3/c17-11-6-5-10(7-12(11)18)8-19-20-16(21)15-9-22-13-3-1-2-4-14(13)23-15/h1-8,15H,9H2,(H,20,21)/b19-8-/t15-/m1/s1. The Balaban J connectivity index is 1.59. The van der Waals surface area contributed by atoms with Gasteiger partial charge in [0.2, 0.25) is 6.10 Å². The Kier molecular flexibility index (Phi) is 4.69. The van der Waals surface area contributed by atoms with Gasteiger partial charge < -0.3 is 9.47 Å². The summed E-state index contributed by atoms with van der Waals surface area (Å²) in [4.78, 5) is 12.0. The summed E-state index contributed by atoms with van der Waals surface area (Å²) in [5, 5.41) is 4.76. The van der Waals surface area contributed by atoms with Gasteiger partial charge in [-0.1, -0.05) is 41.4 Å². The molecular weight excluding hydrogens is 339 g/mol. The van der Waals surface area contributed by atoms with Gasteiger partial charge >= 0.3 is 0 Å². The van der Waals surface area contributed by atoms with E-state index in [0.717, 1.165) is 0 Å². The van der Waals surface area contributed by atoms with E-state index in [4.69, 9.17) is 32.7 Å². The minimum Gasteiger partial charge on any atom is -0.485 e. The first-order valence-electron chi connectivity index (χ1n) is 6.80. The number of hydrogen-bond acceptors (Lipinski definition) is 4. The van der Waals surface area contributed by atoms with Gasteiger partial charge in [-0.3, -0.25) is 4.79 Å². The van der Waals surface area contributed by atoms with Gasteiger partial charge in [-0.2, -0.15) is 5.10 Å². The highest BCUT2D eigenvalue weighted by atomic mass is 35.5. The molecule has 1 aliphatic rings. The van der Waals surface area contributed by atoms with Crippen molar-refractivity contribution >= 4 is 35.3 Å². The molecule has 3 rings (SSSR count). The first kappa shape index (κ1) is 15.6. The quantitative estimate of drug-likeness (QED) is 0.682. The second-order valence-electron chi connectivity index (χ2n) is 4.77. The molecule has 0 saturated carbocycles. The zero-order valence-electron chi connectivity index (χ0n) is 11.8. The summed E-state index contributed by atoms with van der Waals surface area (Å²) in [5.74, 6) is 0.763. The lowest BCUT2D eigenvalue weighted by atomic mass is 10.2. The Morgan fingerprint density at radius 2 is 1.96 bits per heavy atom. The molecule has 0 bridgehead atoms. The van der Waals surface area contributed by atoms with Crippen LogP contribution < -0.4 is 14.9 Å². The van der Waals surface area contributed by atoms with Crippen molar-refractivity contribution in [3.63, 3.8) is 0 Å². The maximum absolute atomic E-state index is 12.0. The molecule has 0 spiro atoms. The number of para-hydroxylation sites is 2. The second kappa shape index (κ2) is 6.89. The first-order valence-corrected chi connectivity index (χ1v) is 7.55. The van der Waals surface area contributed by atoms with E-state index in [1.165, 1.54) is 6.21 Å². The lowest BCUT2D eigenvalue weighted by molar-refractivity contribution is -0.130. The van der Waals surface area contributed by atoms with Crippen LogP contribution in [0.4, 0.5) is 0 Å². The fourth-order valence-electron chi connectivity index (χ4n) is 1.98. The zero-order valence-corrected chi connectivity index (χ0v) is 13.3. The molecule has 7 heteroatoms. The topological polar surface area (TPSA) is 59.9 Å². The molecule has 0 fully saturated rings. The van der Waals surface area contributed by atoms with Gasteiger partial charge in [0, 0.05) is 0 Å². The van der Waals surface area contributed by atoms with E-state index >= 15 is 0 Å². The van der Waals surface area contributed by atoms with Gasteiger partial charge in [0.05, 0.1) is 16.3 Å². The number of halogens is 2. The van der Waals surface area contributed by atoms with E-state index < -0.39 is 12.0 Å². The minimum atomic E-state index is -0.754. The summed E-state index contributed by atoms with van der Waals surface area (Å²) >= 11 is 11.7. The van der Waals surface area contributed by atoms with Crippen LogP contribution in [0.2, 0.25) is 10.0 Å². The highest BCUT2D eigenvalue weighted by Gasteiger charge is 2.26. The third-order valence-corrected chi connectivity index (χ3v) is 3.87. The number of amides is 1. The number of hydrogen-bond donors (Lipinski definition) is 1. The highest BCUT2D eigenvalue weighted by molar-refractivity contribution is 6.42. The fraction of sp³-hybridized carbons (Fsp3) is 0.125. The molecular formula is C16H12Cl2N2O3. The number of nitrogens with one attached hydrogen (secondary N) is 1. The van der Waals surface area contributed by atoms with Crippen LogP contribution in [0.1, 0.15) is 5.56 Å². The molecule has 5 nitrogen and oxygen atoms in total.